The molecule has 0 radical (unpaired) electrons. The summed E-state index contributed by atoms with van der Waals surface area (Å²) >= 11 is 1.21. The molecule has 1 unspecified atom stereocenters. The number of thiophene rings is 1. The summed E-state index contributed by atoms with van der Waals surface area (Å²) in [4.78, 5) is 22.3. The first-order valence-corrected chi connectivity index (χ1v) is 5.75. The largest absolute Gasteiger partial charge is 0.478 e. The van der Waals surface area contributed by atoms with Crippen LogP contribution in [0.1, 0.15) is 16.8 Å². The van der Waals surface area contributed by atoms with Gasteiger partial charge >= 0.3 is 5.97 Å². The zero-order valence-corrected chi connectivity index (χ0v) is 9.25. The Hall–Kier alpha value is -1.40. The number of rotatable bonds is 3. The van der Waals surface area contributed by atoms with Gasteiger partial charge in [0.1, 0.15) is 0 Å². The minimum Gasteiger partial charge on any atom is -0.478 e. The van der Waals surface area contributed by atoms with Crippen molar-refractivity contribution in [2.24, 2.45) is 5.92 Å². The Morgan fingerprint density at radius 2 is 2.38 bits per heavy atom. The quantitative estimate of drug-likeness (QED) is 0.839. The van der Waals surface area contributed by atoms with Crippen molar-refractivity contribution < 1.29 is 19.4 Å². The van der Waals surface area contributed by atoms with Gasteiger partial charge in [0.25, 0.3) is 0 Å². The van der Waals surface area contributed by atoms with Gasteiger partial charge in [-0.3, -0.25) is 4.79 Å². The van der Waals surface area contributed by atoms with Crippen LogP contribution in [0.15, 0.2) is 11.4 Å². The van der Waals surface area contributed by atoms with Crippen molar-refractivity contribution in [3.63, 3.8) is 0 Å². The predicted molar refractivity (Wildman–Crippen MR) is 58.8 cm³/mol. The molecule has 1 aliphatic heterocycles. The molecule has 0 aliphatic carbocycles. The van der Waals surface area contributed by atoms with Gasteiger partial charge in [0, 0.05) is 12.0 Å². The molecule has 0 saturated carbocycles. The molecule has 1 atom stereocenters. The van der Waals surface area contributed by atoms with E-state index in [0.29, 0.717) is 18.2 Å². The second kappa shape index (κ2) is 4.63. The molecule has 2 rings (SSSR count). The fourth-order valence-corrected chi connectivity index (χ4v) is 2.26. The average molecular weight is 241 g/mol. The van der Waals surface area contributed by atoms with Crippen LogP contribution in [0.25, 0.3) is 0 Å². The second-order valence-electron chi connectivity index (χ2n) is 3.55. The molecule has 16 heavy (non-hydrogen) atoms. The molecule has 1 amide bonds. The molecular weight excluding hydrogens is 230 g/mol. The number of aromatic carboxylic acids is 1. The third-order valence-electron chi connectivity index (χ3n) is 2.39. The normalized spacial score (nSPS) is 19.6. The molecule has 1 fully saturated rings. The van der Waals surface area contributed by atoms with E-state index in [0.717, 1.165) is 6.42 Å². The van der Waals surface area contributed by atoms with Gasteiger partial charge in [0.15, 0.2) is 0 Å². The fraction of sp³-hybridized carbons (Fsp3) is 0.400. The SMILES string of the molecule is O=C(O)c1csc(NC(=O)C2CCOC2)c1. The van der Waals surface area contributed by atoms with E-state index in [1.165, 1.54) is 22.8 Å². The lowest BCUT2D eigenvalue weighted by Gasteiger charge is -2.06. The van der Waals surface area contributed by atoms with Crippen LogP contribution in [0.5, 0.6) is 0 Å². The minimum absolute atomic E-state index is 0.101. The third kappa shape index (κ3) is 2.40. The molecule has 1 aromatic rings. The Kier molecular flexibility index (Phi) is 3.21. The van der Waals surface area contributed by atoms with Crippen molar-refractivity contribution in [1.29, 1.82) is 0 Å². The van der Waals surface area contributed by atoms with Gasteiger partial charge in [0.05, 0.1) is 23.1 Å². The first-order chi connectivity index (χ1) is 7.66. The molecule has 1 aromatic heterocycles. The number of amides is 1. The van der Waals surface area contributed by atoms with Gasteiger partial charge in [-0.15, -0.1) is 11.3 Å². The Balaban J connectivity index is 1.97. The van der Waals surface area contributed by atoms with Gasteiger partial charge in [-0.25, -0.2) is 4.79 Å². The summed E-state index contributed by atoms with van der Waals surface area (Å²) in [7, 11) is 0. The highest BCUT2D eigenvalue weighted by molar-refractivity contribution is 7.14. The molecule has 1 saturated heterocycles. The first kappa shape index (κ1) is 11.1. The summed E-state index contributed by atoms with van der Waals surface area (Å²) in [5.74, 6) is -1.20. The van der Waals surface area contributed by atoms with Gasteiger partial charge in [0.2, 0.25) is 5.91 Å². The van der Waals surface area contributed by atoms with Crippen LogP contribution >= 0.6 is 11.3 Å². The topological polar surface area (TPSA) is 75.6 Å². The molecule has 86 valence electrons. The van der Waals surface area contributed by atoms with E-state index in [1.807, 2.05) is 0 Å². The maximum absolute atomic E-state index is 11.7. The van der Waals surface area contributed by atoms with E-state index >= 15 is 0 Å². The standard InChI is InChI=1S/C10H11NO4S/c12-9(6-1-2-15-4-6)11-8-3-7(5-16-8)10(13)14/h3,5-6H,1-2,4H2,(H,11,12)(H,13,14). The highest BCUT2D eigenvalue weighted by atomic mass is 32.1. The number of carboxylic acid groups (broad SMARTS) is 1. The highest BCUT2D eigenvalue weighted by Gasteiger charge is 2.23. The lowest BCUT2D eigenvalue weighted by molar-refractivity contribution is -0.119. The summed E-state index contributed by atoms with van der Waals surface area (Å²) in [6.45, 7) is 1.06. The number of carbonyl (C=O) groups is 2. The van der Waals surface area contributed by atoms with E-state index in [1.54, 1.807) is 0 Å². The smallest absolute Gasteiger partial charge is 0.336 e. The van der Waals surface area contributed by atoms with Crippen LogP contribution in [0, 0.1) is 5.92 Å². The molecule has 6 heteroatoms. The number of ether oxygens (including phenoxy) is 1. The summed E-state index contributed by atoms with van der Waals surface area (Å²) in [5.41, 5.74) is 0.197. The molecule has 1 aliphatic rings. The number of hydrogen-bond acceptors (Lipinski definition) is 4. The van der Waals surface area contributed by atoms with Crippen molar-refractivity contribution in [3.8, 4) is 0 Å². The number of anilines is 1. The maximum Gasteiger partial charge on any atom is 0.336 e. The van der Waals surface area contributed by atoms with E-state index in [4.69, 9.17) is 9.84 Å². The number of nitrogens with one attached hydrogen (secondary N) is 1. The van der Waals surface area contributed by atoms with Crippen molar-refractivity contribution >= 4 is 28.2 Å². The average Bonchev–Trinajstić information content (AvgIpc) is 2.87. The zero-order valence-electron chi connectivity index (χ0n) is 8.43. The van der Waals surface area contributed by atoms with Crippen LogP contribution in [0.3, 0.4) is 0 Å². The van der Waals surface area contributed by atoms with E-state index in [2.05, 4.69) is 5.32 Å². The van der Waals surface area contributed by atoms with Crippen LogP contribution in [-0.4, -0.2) is 30.2 Å². The minimum atomic E-state index is -0.985. The van der Waals surface area contributed by atoms with Gasteiger partial charge in [-0.1, -0.05) is 0 Å². The molecule has 5 nitrogen and oxygen atoms in total. The summed E-state index contributed by atoms with van der Waals surface area (Å²) in [6, 6.07) is 1.46. The number of carbonyl (C=O) groups excluding carboxylic acids is 1. The lowest BCUT2D eigenvalue weighted by atomic mass is 10.1. The van der Waals surface area contributed by atoms with E-state index in [-0.39, 0.29) is 17.4 Å². The van der Waals surface area contributed by atoms with Crippen molar-refractivity contribution in [2.45, 2.75) is 6.42 Å². The zero-order chi connectivity index (χ0) is 11.5. The van der Waals surface area contributed by atoms with Gasteiger partial charge in [-0.2, -0.15) is 0 Å². The third-order valence-corrected chi connectivity index (χ3v) is 3.24. The highest BCUT2D eigenvalue weighted by Crippen LogP contribution is 2.22. The van der Waals surface area contributed by atoms with Crippen molar-refractivity contribution in [3.05, 3.63) is 17.0 Å². The lowest BCUT2D eigenvalue weighted by Crippen LogP contribution is -2.22. The van der Waals surface area contributed by atoms with Crippen molar-refractivity contribution in [1.82, 2.24) is 0 Å². The number of carboxylic acids is 1. The summed E-state index contributed by atoms with van der Waals surface area (Å²) < 4.78 is 5.11. The summed E-state index contributed by atoms with van der Waals surface area (Å²) in [6.07, 6.45) is 0.725. The fourth-order valence-electron chi connectivity index (χ4n) is 1.48. The number of hydrogen-bond donors (Lipinski definition) is 2. The molecule has 0 spiro atoms. The predicted octanol–water partition coefficient (Wildman–Crippen LogP) is 1.42. The Labute approximate surface area is 96.0 Å². The van der Waals surface area contributed by atoms with Crippen molar-refractivity contribution in [2.75, 3.05) is 18.5 Å². The Morgan fingerprint density at radius 3 is 2.94 bits per heavy atom. The van der Waals surface area contributed by atoms with E-state index < -0.39 is 5.97 Å². The van der Waals surface area contributed by atoms with E-state index in [9.17, 15) is 9.59 Å². The van der Waals surface area contributed by atoms with Crippen LogP contribution < -0.4 is 5.32 Å². The van der Waals surface area contributed by atoms with Crippen LogP contribution in [-0.2, 0) is 9.53 Å². The van der Waals surface area contributed by atoms with Gasteiger partial charge < -0.3 is 15.2 Å². The molecule has 0 aromatic carbocycles. The Morgan fingerprint density at radius 1 is 1.56 bits per heavy atom. The monoisotopic (exact) mass is 241 g/mol. The van der Waals surface area contributed by atoms with Gasteiger partial charge in [-0.05, 0) is 12.5 Å². The molecular formula is C10H11NO4S. The maximum atomic E-state index is 11.7. The first-order valence-electron chi connectivity index (χ1n) is 4.87. The molecule has 2 heterocycles. The van der Waals surface area contributed by atoms with Crippen LogP contribution in [0.4, 0.5) is 5.00 Å². The Bertz CT molecular complexity index is 409. The molecule has 2 N–H and O–H groups in total. The molecule has 0 bridgehead atoms. The second-order valence-corrected chi connectivity index (χ2v) is 4.47. The van der Waals surface area contributed by atoms with Crippen LogP contribution in [0.2, 0.25) is 0 Å². The summed E-state index contributed by atoms with van der Waals surface area (Å²) in [5, 5.41) is 13.5.